The number of amides is 1. The minimum atomic E-state index is -0.130. The number of hydrogen-bond donors (Lipinski definition) is 1. The molecular weight excluding hydrogens is 324 g/mol. The molecular formula is C16H16N6OS. The lowest BCUT2D eigenvalue weighted by molar-refractivity contribution is -0.113. The van der Waals surface area contributed by atoms with Gasteiger partial charge in [-0.3, -0.25) is 9.78 Å². The number of nitrogens with zero attached hydrogens (tertiary/aromatic N) is 5. The third kappa shape index (κ3) is 3.96. The molecule has 8 heteroatoms. The van der Waals surface area contributed by atoms with E-state index in [9.17, 15) is 4.79 Å². The van der Waals surface area contributed by atoms with Crippen LogP contribution < -0.4 is 5.32 Å². The molecule has 0 fully saturated rings. The van der Waals surface area contributed by atoms with Crippen molar-refractivity contribution in [3.05, 3.63) is 54.4 Å². The number of nitrogens with one attached hydrogen (secondary N) is 1. The molecule has 3 heterocycles. The lowest BCUT2D eigenvalue weighted by atomic mass is 10.4. The molecule has 0 atom stereocenters. The summed E-state index contributed by atoms with van der Waals surface area (Å²) in [5.41, 5.74) is 1.88. The Kier molecular flexibility index (Phi) is 4.85. The van der Waals surface area contributed by atoms with E-state index in [1.54, 1.807) is 23.1 Å². The largest absolute Gasteiger partial charge is 0.310 e. The van der Waals surface area contributed by atoms with Gasteiger partial charge in [0.05, 0.1) is 11.4 Å². The molecule has 0 radical (unpaired) electrons. The lowest BCUT2D eigenvalue weighted by Gasteiger charge is -2.07. The van der Waals surface area contributed by atoms with Crippen LogP contribution in [0.2, 0.25) is 0 Å². The van der Waals surface area contributed by atoms with Crippen molar-refractivity contribution in [1.82, 2.24) is 24.7 Å². The summed E-state index contributed by atoms with van der Waals surface area (Å²) in [6.45, 7) is 3.87. The van der Waals surface area contributed by atoms with E-state index in [2.05, 4.69) is 25.4 Å². The molecule has 0 aliphatic rings. The fourth-order valence-corrected chi connectivity index (χ4v) is 2.84. The Labute approximate surface area is 143 Å². The summed E-state index contributed by atoms with van der Waals surface area (Å²) in [6.07, 6.45) is 4.81. The maximum Gasteiger partial charge on any atom is 0.235 e. The van der Waals surface area contributed by atoms with E-state index in [1.807, 2.05) is 32.0 Å². The third-order valence-corrected chi connectivity index (χ3v) is 4.18. The molecule has 3 aromatic heterocycles. The number of hydrogen-bond acceptors (Lipinski definition) is 6. The highest BCUT2D eigenvalue weighted by atomic mass is 32.2. The summed E-state index contributed by atoms with van der Waals surface area (Å²) in [5.74, 6) is 1.24. The normalized spacial score (nSPS) is 10.6. The Balaban J connectivity index is 1.66. The molecule has 0 aliphatic heterocycles. The van der Waals surface area contributed by atoms with Gasteiger partial charge in [-0.1, -0.05) is 0 Å². The van der Waals surface area contributed by atoms with Crippen LogP contribution in [0.25, 0.3) is 5.82 Å². The van der Waals surface area contributed by atoms with Crippen molar-refractivity contribution in [1.29, 1.82) is 0 Å². The van der Waals surface area contributed by atoms with Gasteiger partial charge >= 0.3 is 0 Å². The topological polar surface area (TPSA) is 85.6 Å². The first-order chi connectivity index (χ1) is 11.6. The number of aryl methyl sites for hydroxylation is 2. The zero-order valence-corrected chi connectivity index (χ0v) is 14.1. The molecule has 24 heavy (non-hydrogen) atoms. The smallest absolute Gasteiger partial charge is 0.235 e. The number of thioether (sulfide) groups is 1. The molecule has 0 saturated heterocycles. The highest BCUT2D eigenvalue weighted by molar-refractivity contribution is 8.00. The van der Waals surface area contributed by atoms with E-state index in [-0.39, 0.29) is 5.91 Å². The van der Waals surface area contributed by atoms with E-state index < -0.39 is 0 Å². The SMILES string of the molecule is Cc1cc(C)n(-c2cc(NC(=O)CSc3ccncc3)ncn2)n1. The standard InChI is InChI=1S/C16H16N6OS/c1-11-7-12(2)22(21-11)15-8-14(18-10-19-15)20-16(23)9-24-13-3-5-17-6-4-13/h3-8,10H,9H2,1-2H3,(H,18,19,20,23). The van der Waals surface area contributed by atoms with Gasteiger partial charge in [0.25, 0.3) is 0 Å². The van der Waals surface area contributed by atoms with E-state index in [0.717, 1.165) is 16.3 Å². The second-order valence-corrected chi connectivity index (χ2v) is 6.17. The van der Waals surface area contributed by atoms with Gasteiger partial charge in [0.15, 0.2) is 5.82 Å². The molecule has 0 saturated carbocycles. The van der Waals surface area contributed by atoms with E-state index >= 15 is 0 Å². The molecule has 0 aromatic carbocycles. The summed E-state index contributed by atoms with van der Waals surface area (Å²) in [4.78, 5) is 25.3. The molecule has 3 aromatic rings. The molecule has 0 unspecified atom stereocenters. The maximum atomic E-state index is 12.1. The van der Waals surface area contributed by atoms with Gasteiger partial charge in [0, 0.05) is 29.0 Å². The molecule has 7 nitrogen and oxygen atoms in total. The predicted octanol–water partition coefficient (Wildman–Crippen LogP) is 2.40. The summed E-state index contributed by atoms with van der Waals surface area (Å²) < 4.78 is 1.72. The summed E-state index contributed by atoms with van der Waals surface area (Å²) >= 11 is 1.44. The van der Waals surface area contributed by atoms with Gasteiger partial charge in [-0.05, 0) is 32.0 Å². The van der Waals surface area contributed by atoms with Gasteiger partial charge in [-0.25, -0.2) is 14.6 Å². The van der Waals surface area contributed by atoms with Crippen molar-refractivity contribution < 1.29 is 4.79 Å². The Morgan fingerprint density at radius 3 is 2.71 bits per heavy atom. The summed E-state index contributed by atoms with van der Waals surface area (Å²) in [5, 5.41) is 7.16. The quantitative estimate of drug-likeness (QED) is 0.718. The number of anilines is 1. The van der Waals surface area contributed by atoms with Crippen LogP contribution in [0.5, 0.6) is 0 Å². The van der Waals surface area contributed by atoms with Crippen LogP contribution in [-0.4, -0.2) is 36.4 Å². The number of aromatic nitrogens is 5. The average Bonchev–Trinajstić information content (AvgIpc) is 2.93. The van der Waals surface area contributed by atoms with Crippen LogP contribution in [-0.2, 0) is 4.79 Å². The van der Waals surface area contributed by atoms with E-state index in [4.69, 9.17) is 0 Å². The van der Waals surface area contributed by atoms with Crippen LogP contribution in [0.1, 0.15) is 11.4 Å². The van der Waals surface area contributed by atoms with Gasteiger partial charge in [-0.2, -0.15) is 5.10 Å². The molecule has 0 spiro atoms. The minimum absolute atomic E-state index is 0.130. The highest BCUT2D eigenvalue weighted by Crippen LogP contribution is 2.17. The number of pyridine rings is 1. The summed E-state index contributed by atoms with van der Waals surface area (Å²) in [7, 11) is 0. The van der Waals surface area contributed by atoms with Crippen LogP contribution in [0.4, 0.5) is 5.82 Å². The zero-order valence-electron chi connectivity index (χ0n) is 13.3. The first-order valence-electron chi connectivity index (χ1n) is 7.30. The fourth-order valence-electron chi connectivity index (χ4n) is 2.15. The molecule has 0 bridgehead atoms. The first-order valence-corrected chi connectivity index (χ1v) is 8.29. The molecule has 1 N–H and O–H groups in total. The van der Waals surface area contributed by atoms with E-state index in [1.165, 1.54) is 18.1 Å². The molecule has 1 amide bonds. The Bertz CT molecular complexity index is 849. The van der Waals surface area contributed by atoms with Gasteiger partial charge in [-0.15, -0.1) is 11.8 Å². The van der Waals surface area contributed by atoms with Crippen molar-refractivity contribution in [2.45, 2.75) is 18.7 Å². The Morgan fingerprint density at radius 1 is 1.21 bits per heavy atom. The molecule has 0 aliphatic carbocycles. The molecule has 3 rings (SSSR count). The maximum absolute atomic E-state index is 12.1. The number of carbonyl (C=O) groups is 1. The van der Waals surface area contributed by atoms with Crippen molar-refractivity contribution in [2.24, 2.45) is 0 Å². The second-order valence-electron chi connectivity index (χ2n) is 5.12. The second kappa shape index (κ2) is 7.22. The number of carbonyl (C=O) groups excluding carboxylic acids is 1. The van der Waals surface area contributed by atoms with Gasteiger partial charge in [0.1, 0.15) is 12.1 Å². The minimum Gasteiger partial charge on any atom is -0.310 e. The zero-order chi connectivity index (χ0) is 16.9. The van der Waals surface area contributed by atoms with E-state index in [0.29, 0.717) is 17.4 Å². The predicted molar refractivity (Wildman–Crippen MR) is 92.2 cm³/mol. The first kappa shape index (κ1) is 16.1. The van der Waals surface area contributed by atoms with Crippen molar-refractivity contribution >= 4 is 23.5 Å². The van der Waals surface area contributed by atoms with Crippen LogP contribution >= 0.6 is 11.8 Å². The van der Waals surface area contributed by atoms with Crippen molar-refractivity contribution in [3.8, 4) is 5.82 Å². The Hall–Kier alpha value is -2.74. The van der Waals surface area contributed by atoms with Crippen molar-refractivity contribution in [2.75, 3.05) is 11.1 Å². The Morgan fingerprint density at radius 2 is 2.00 bits per heavy atom. The van der Waals surface area contributed by atoms with Gasteiger partial charge in [0.2, 0.25) is 5.91 Å². The average molecular weight is 340 g/mol. The van der Waals surface area contributed by atoms with Crippen LogP contribution in [0, 0.1) is 13.8 Å². The lowest BCUT2D eigenvalue weighted by Crippen LogP contribution is -2.15. The summed E-state index contributed by atoms with van der Waals surface area (Å²) in [6, 6.07) is 7.40. The van der Waals surface area contributed by atoms with Crippen molar-refractivity contribution in [3.63, 3.8) is 0 Å². The third-order valence-electron chi connectivity index (χ3n) is 3.17. The highest BCUT2D eigenvalue weighted by Gasteiger charge is 2.09. The monoisotopic (exact) mass is 340 g/mol. The van der Waals surface area contributed by atoms with Crippen LogP contribution in [0.3, 0.4) is 0 Å². The fraction of sp³-hybridized carbons (Fsp3) is 0.188. The molecule has 122 valence electrons. The van der Waals surface area contributed by atoms with Gasteiger partial charge < -0.3 is 5.32 Å². The van der Waals surface area contributed by atoms with Crippen LogP contribution in [0.15, 0.2) is 47.9 Å². The number of rotatable bonds is 5.